The molecular weight excluding hydrogens is 398 g/mol. The summed E-state index contributed by atoms with van der Waals surface area (Å²) in [6, 6.07) is 29.2. The highest BCUT2D eigenvalue weighted by molar-refractivity contribution is 6.01. The first kappa shape index (κ1) is 21.1. The van der Waals surface area contributed by atoms with Crippen LogP contribution >= 0.6 is 0 Å². The number of hydrazone groups is 1. The lowest BCUT2D eigenvalue weighted by Crippen LogP contribution is -2.21. The van der Waals surface area contributed by atoms with E-state index >= 15 is 0 Å². The Morgan fingerprint density at radius 3 is 2.28 bits per heavy atom. The van der Waals surface area contributed by atoms with E-state index in [0.29, 0.717) is 0 Å². The molecule has 0 saturated heterocycles. The second-order valence-electron chi connectivity index (χ2n) is 7.51. The Kier molecular flexibility index (Phi) is 6.46. The molecule has 5 nitrogen and oxygen atoms in total. The second-order valence-corrected chi connectivity index (χ2v) is 7.51. The van der Waals surface area contributed by atoms with E-state index in [1.807, 2.05) is 54.6 Å². The zero-order valence-electron chi connectivity index (χ0n) is 17.9. The number of phenolic OH excluding ortho intramolecular Hbond substituents is 1. The maximum Gasteiger partial charge on any atom is 0.275 e. The van der Waals surface area contributed by atoms with E-state index in [1.165, 1.54) is 5.56 Å². The fraction of sp³-hybridized carbons (Fsp3) is 0.111. The van der Waals surface area contributed by atoms with Gasteiger partial charge in [0.1, 0.15) is 5.75 Å². The summed E-state index contributed by atoms with van der Waals surface area (Å²) < 4.78 is 0. The summed E-state index contributed by atoms with van der Waals surface area (Å²) in [6.45, 7) is 3.87. The number of carbonyl (C=O) groups is 1. The van der Waals surface area contributed by atoms with Crippen LogP contribution in [-0.4, -0.2) is 23.8 Å². The van der Waals surface area contributed by atoms with E-state index in [9.17, 15) is 9.90 Å². The quantitative estimate of drug-likeness (QED) is 0.312. The molecule has 0 aliphatic rings. The van der Waals surface area contributed by atoms with Crippen LogP contribution in [0.1, 0.15) is 28.4 Å². The van der Waals surface area contributed by atoms with Crippen molar-refractivity contribution in [3.63, 3.8) is 0 Å². The Bertz CT molecular complexity index is 1230. The highest BCUT2D eigenvalue weighted by Gasteiger charge is 2.11. The van der Waals surface area contributed by atoms with Crippen molar-refractivity contribution in [3.05, 3.63) is 108 Å². The first-order valence-corrected chi connectivity index (χ1v) is 10.6. The standard InChI is InChI=1S/C27H25N3O2/c1-2-30(19-21-8-4-3-5-9-21)24-14-12-20(13-15-24)18-28-29-27(32)25-16-22-10-6-7-11-23(22)17-26(25)31/h3-18,31H,2,19H2,1H3,(H,29,32)/b28-18+. The van der Waals surface area contributed by atoms with Crippen LogP contribution in [0.5, 0.6) is 5.75 Å². The number of hydrogen-bond donors (Lipinski definition) is 2. The lowest BCUT2D eigenvalue weighted by atomic mass is 10.1. The smallest absolute Gasteiger partial charge is 0.275 e. The van der Waals surface area contributed by atoms with Crippen LogP contribution in [0.2, 0.25) is 0 Å². The number of aromatic hydroxyl groups is 1. The predicted molar refractivity (Wildman–Crippen MR) is 130 cm³/mol. The summed E-state index contributed by atoms with van der Waals surface area (Å²) in [5.74, 6) is -0.528. The minimum Gasteiger partial charge on any atom is -0.507 e. The summed E-state index contributed by atoms with van der Waals surface area (Å²) in [5, 5.41) is 16.0. The average Bonchev–Trinajstić information content (AvgIpc) is 2.83. The van der Waals surface area contributed by atoms with Crippen molar-refractivity contribution in [1.29, 1.82) is 0 Å². The van der Waals surface area contributed by atoms with Crippen molar-refractivity contribution in [3.8, 4) is 5.75 Å². The lowest BCUT2D eigenvalue weighted by molar-refractivity contribution is 0.0952. The molecule has 4 aromatic rings. The number of nitrogens with zero attached hydrogens (tertiary/aromatic N) is 2. The summed E-state index contributed by atoms with van der Waals surface area (Å²) >= 11 is 0. The summed E-state index contributed by atoms with van der Waals surface area (Å²) in [5.41, 5.74) is 5.94. The molecular formula is C27H25N3O2. The van der Waals surface area contributed by atoms with Crippen molar-refractivity contribution in [2.24, 2.45) is 5.10 Å². The second kappa shape index (κ2) is 9.79. The maximum atomic E-state index is 12.5. The zero-order chi connectivity index (χ0) is 22.3. The van der Waals surface area contributed by atoms with Gasteiger partial charge in [-0.05, 0) is 53.1 Å². The molecule has 0 fully saturated rings. The van der Waals surface area contributed by atoms with Gasteiger partial charge >= 0.3 is 0 Å². The summed E-state index contributed by atoms with van der Waals surface area (Å²) in [4.78, 5) is 14.8. The molecule has 0 aliphatic heterocycles. The van der Waals surface area contributed by atoms with E-state index in [0.717, 1.165) is 35.1 Å². The normalized spacial score (nSPS) is 11.0. The zero-order valence-corrected chi connectivity index (χ0v) is 17.9. The topological polar surface area (TPSA) is 64.9 Å². The first-order valence-electron chi connectivity index (χ1n) is 10.6. The van der Waals surface area contributed by atoms with E-state index in [4.69, 9.17) is 0 Å². The van der Waals surface area contributed by atoms with Crippen LogP contribution in [0, 0.1) is 0 Å². The first-order chi connectivity index (χ1) is 15.6. The van der Waals surface area contributed by atoms with E-state index in [1.54, 1.807) is 18.3 Å². The molecule has 0 bridgehead atoms. The summed E-state index contributed by atoms with van der Waals surface area (Å²) in [6.07, 6.45) is 1.59. The molecule has 0 saturated carbocycles. The molecule has 160 valence electrons. The molecule has 4 rings (SSSR count). The van der Waals surface area contributed by atoms with Crippen molar-refractivity contribution in [2.45, 2.75) is 13.5 Å². The van der Waals surface area contributed by atoms with Crippen LogP contribution in [0.3, 0.4) is 0 Å². The average molecular weight is 424 g/mol. The number of phenols is 1. The molecule has 5 heteroatoms. The van der Waals surface area contributed by atoms with Gasteiger partial charge in [-0.2, -0.15) is 5.10 Å². The Morgan fingerprint density at radius 1 is 0.938 bits per heavy atom. The van der Waals surface area contributed by atoms with Gasteiger partial charge in [0.15, 0.2) is 0 Å². The minimum atomic E-state index is -0.457. The molecule has 0 unspecified atom stereocenters. The monoisotopic (exact) mass is 423 g/mol. The fourth-order valence-corrected chi connectivity index (χ4v) is 3.60. The van der Waals surface area contributed by atoms with E-state index < -0.39 is 5.91 Å². The van der Waals surface area contributed by atoms with Gasteiger partial charge in [-0.1, -0.05) is 66.7 Å². The minimum absolute atomic E-state index is 0.0705. The van der Waals surface area contributed by atoms with Crippen LogP contribution in [0.4, 0.5) is 5.69 Å². The van der Waals surface area contributed by atoms with Gasteiger partial charge in [0.05, 0.1) is 11.8 Å². The molecule has 0 radical (unpaired) electrons. The fourth-order valence-electron chi connectivity index (χ4n) is 3.60. The highest BCUT2D eigenvalue weighted by Crippen LogP contribution is 2.25. The number of amides is 1. The molecule has 32 heavy (non-hydrogen) atoms. The molecule has 2 N–H and O–H groups in total. The number of hydrogen-bond acceptors (Lipinski definition) is 4. The van der Waals surface area contributed by atoms with Crippen LogP contribution < -0.4 is 10.3 Å². The largest absolute Gasteiger partial charge is 0.507 e. The van der Waals surface area contributed by atoms with Gasteiger partial charge in [0, 0.05) is 18.8 Å². The third-order valence-electron chi connectivity index (χ3n) is 5.34. The number of carbonyl (C=O) groups excluding carboxylic acids is 1. The lowest BCUT2D eigenvalue weighted by Gasteiger charge is -2.23. The molecule has 1 amide bonds. The number of fused-ring (bicyclic) bond motifs is 1. The number of nitrogens with one attached hydrogen (secondary N) is 1. The van der Waals surface area contributed by atoms with Gasteiger partial charge in [-0.15, -0.1) is 0 Å². The van der Waals surface area contributed by atoms with Gasteiger partial charge in [0.25, 0.3) is 5.91 Å². The van der Waals surface area contributed by atoms with Gasteiger partial charge < -0.3 is 10.0 Å². The van der Waals surface area contributed by atoms with Gasteiger partial charge in [0.2, 0.25) is 0 Å². The molecule has 0 aliphatic carbocycles. The molecule has 0 spiro atoms. The summed E-state index contributed by atoms with van der Waals surface area (Å²) in [7, 11) is 0. The van der Waals surface area contributed by atoms with Gasteiger partial charge in [-0.3, -0.25) is 4.79 Å². The number of anilines is 1. The van der Waals surface area contributed by atoms with Gasteiger partial charge in [-0.25, -0.2) is 5.43 Å². The number of benzene rings is 4. The Balaban J connectivity index is 1.40. The van der Waals surface area contributed by atoms with Crippen molar-refractivity contribution in [2.75, 3.05) is 11.4 Å². The predicted octanol–water partition coefficient (Wildman–Crippen LogP) is 5.34. The van der Waals surface area contributed by atoms with Crippen molar-refractivity contribution >= 4 is 28.6 Å². The van der Waals surface area contributed by atoms with Crippen LogP contribution in [-0.2, 0) is 6.54 Å². The third-order valence-corrected chi connectivity index (χ3v) is 5.34. The van der Waals surface area contributed by atoms with Crippen LogP contribution in [0.25, 0.3) is 10.8 Å². The molecule has 0 aromatic heterocycles. The highest BCUT2D eigenvalue weighted by atomic mass is 16.3. The molecule has 4 aromatic carbocycles. The SMILES string of the molecule is CCN(Cc1ccccc1)c1ccc(/C=N/NC(=O)c2cc3ccccc3cc2O)cc1. The van der Waals surface area contributed by atoms with E-state index in [-0.39, 0.29) is 11.3 Å². The molecule has 0 atom stereocenters. The third kappa shape index (κ3) is 4.95. The Labute approximate surface area is 187 Å². The van der Waals surface area contributed by atoms with Crippen molar-refractivity contribution < 1.29 is 9.90 Å². The number of rotatable bonds is 7. The van der Waals surface area contributed by atoms with Crippen LogP contribution in [0.15, 0.2) is 96.1 Å². The maximum absolute atomic E-state index is 12.5. The van der Waals surface area contributed by atoms with Crippen molar-refractivity contribution in [1.82, 2.24) is 5.43 Å². The molecule has 0 heterocycles. The Morgan fingerprint density at radius 2 is 1.59 bits per heavy atom. The van der Waals surface area contributed by atoms with E-state index in [2.05, 4.69) is 46.6 Å². The Hall–Kier alpha value is -4.12.